The van der Waals surface area contributed by atoms with Gasteiger partial charge in [0.1, 0.15) is 17.1 Å². The van der Waals surface area contributed by atoms with Gasteiger partial charge in [-0.2, -0.15) is 0 Å². The molecule has 0 aliphatic heterocycles. The van der Waals surface area contributed by atoms with E-state index in [1.807, 2.05) is 0 Å². The van der Waals surface area contributed by atoms with Crippen molar-refractivity contribution in [1.29, 1.82) is 0 Å². The maximum Gasteiger partial charge on any atom is 0.261 e. The van der Waals surface area contributed by atoms with Crippen LogP contribution in [0.4, 0.5) is 11.4 Å². The van der Waals surface area contributed by atoms with Gasteiger partial charge in [0.15, 0.2) is 0 Å². The highest BCUT2D eigenvalue weighted by Gasteiger charge is 2.21. The second-order valence-corrected chi connectivity index (χ2v) is 6.86. The molecule has 3 aromatic rings. The molecule has 0 atom stereocenters. The summed E-state index contributed by atoms with van der Waals surface area (Å²) in [4.78, 5) is 26.2. The summed E-state index contributed by atoms with van der Waals surface area (Å²) in [6.45, 7) is 0. The predicted molar refractivity (Wildman–Crippen MR) is 123 cm³/mol. The Labute approximate surface area is 185 Å². The van der Waals surface area contributed by atoms with Crippen molar-refractivity contribution in [2.75, 3.05) is 24.9 Å². The second kappa shape index (κ2) is 10.3. The second-order valence-electron chi connectivity index (χ2n) is 6.42. The van der Waals surface area contributed by atoms with E-state index in [1.54, 1.807) is 72.8 Å². The third-order valence-electron chi connectivity index (χ3n) is 4.36. The molecular formula is C24H21ClN2O4. The number of carbonyl (C=O) groups excluding carboxylic acids is 2. The Hall–Kier alpha value is -3.77. The summed E-state index contributed by atoms with van der Waals surface area (Å²) in [5.41, 5.74) is 1.38. The number of methoxy groups -OCH3 is 2. The van der Waals surface area contributed by atoms with Gasteiger partial charge in [-0.3, -0.25) is 9.59 Å². The molecule has 3 rings (SSSR count). The molecule has 2 N–H and O–H groups in total. The lowest BCUT2D eigenvalue weighted by atomic mass is 10.1. The van der Waals surface area contributed by atoms with Gasteiger partial charge in [0.25, 0.3) is 11.8 Å². The van der Waals surface area contributed by atoms with Crippen LogP contribution in [-0.4, -0.2) is 26.0 Å². The number of para-hydroxylation sites is 4. The maximum atomic E-state index is 13.1. The molecule has 158 valence electrons. The first-order chi connectivity index (χ1) is 15.0. The van der Waals surface area contributed by atoms with Gasteiger partial charge in [0.2, 0.25) is 0 Å². The number of amides is 2. The van der Waals surface area contributed by atoms with Crippen LogP contribution in [0.25, 0.3) is 6.08 Å². The van der Waals surface area contributed by atoms with E-state index in [2.05, 4.69) is 10.6 Å². The SMILES string of the molecule is COc1ccccc1NC(=O)C(=Cc1cccc(Cl)c1)C(=O)Nc1ccccc1OC. The van der Waals surface area contributed by atoms with Crippen molar-refractivity contribution < 1.29 is 19.1 Å². The van der Waals surface area contributed by atoms with Crippen LogP contribution in [0.3, 0.4) is 0 Å². The molecule has 0 aliphatic carbocycles. The van der Waals surface area contributed by atoms with E-state index < -0.39 is 11.8 Å². The van der Waals surface area contributed by atoms with Crippen molar-refractivity contribution in [3.8, 4) is 11.5 Å². The maximum absolute atomic E-state index is 13.1. The van der Waals surface area contributed by atoms with Crippen molar-refractivity contribution in [2.45, 2.75) is 0 Å². The minimum Gasteiger partial charge on any atom is -0.495 e. The monoisotopic (exact) mass is 436 g/mol. The fourth-order valence-corrected chi connectivity index (χ4v) is 3.07. The highest BCUT2D eigenvalue weighted by molar-refractivity contribution is 6.31. The normalized spacial score (nSPS) is 10.0. The zero-order valence-corrected chi connectivity index (χ0v) is 17.8. The smallest absolute Gasteiger partial charge is 0.261 e. The van der Waals surface area contributed by atoms with E-state index in [0.717, 1.165) is 0 Å². The van der Waals surface area contributed by atoms with Crippen molar-refractivity contribution in [3.05, 3.63) is 89.0 Å². The molecule has 0 unspecified atom stereocenters. The molecule has 2 amide bonds. The van der Waals surface area contributed by atoms with Crippen LogP contribution in [-0.2, 0) is 9.59 Å². The van der Waals surface area contributed by atoms with E-state index >= 15 is 0 Å². The summed E-state index contributed by atoms with van der Waals surface area (Å²) in [7, 11) is 3.00. The van der Waals surface area contributed by atoms with Crippen LogP contribution >= 0.6 is 11.6 Å². The molecule has 6 nitrogen and oxygen atoms in total. The predicted octanol–water partition coefficient (Wildman–Crippen LogP) is 5.02. The minimum absolute atomic E-state index is 0.112. The number of hydrogen-bond donors (Lipinski definition) is 2. The number of anilines is 2. The van der Waals surface area contributed by atoms with E-state index in [0.29, 0.717) is 33.5 Å². The Balaban J connectivity index is 1.96. The molecule has 0 radical (unpaired) electrons. The lowest BCUT2D eigenvalue weighted by molar-refractivity contribution is -0.118. The summed E-state index contributed by atoms with van der Waals surface area (Å²) in [6, 6.07) is 20.7. The molecule has 0 saturated carbocycles. The zero-order valence-electron chi connectivity index (χ0n) is 17.0. The number of halogens is 1. The molecule has 0 bridgehead atoms. The zero-order chi connectivity index (χ0) is 22.2. The largest absolute Gasteiger partial charge is 0.495 e. The third-order valence-corrected chi connectivity index (χ3v) is 4.59. The number of hydrogen-bond acceptors (Lipinski definition) is 4. The lowest BCUT2D eigenvalue weighted by Crippen LogP contribution is -2.25. The highest BCUT2D eigenvalue weighted by atomic mass is 35.5. The fraction of sp³-hybridized carbons (Fsp3) is 0.0833. The van der Waals surface area contributed by atoms with Crippen LogP contribution in [0, 0.1) is 0 Å². The molecule has 3 aromatic carbocycles. The summed E-state index contributed by atoms with van der Waals surface area (Å²) in [6.07, 6.45) is 1.47. The molecule has 0 aliphatic rings. The van der Waals surface area contributed by atoms with E-state index in [1.165, 1.54) is 20.3 Å². The molecule has 0 heterocycles. The standard InChI is InChI=1S/C24H21ClN2O4/c1-30-21-12-5-3-10-19(21)26-23(28)18(15-16-8-7-9-17(25)14-16)24(29)27-20-11-4-6-13-22(20)31-2/h3-15H,1-2H3,(H,26,28)(H,27,29). The van der Waals surface area contributed by atoms with Crippen LogP contribution in [0.15, 0.2) is 78.4 Å². The summed E-state index contributed by atoms with van der Waals surface area (Å²) >= 11 is 6.06. The Bertz CT molecular complexity index is 1060. The average molecular weight is 437 g/mol. The highest BCUT2D eigenvalue weighted by Crippen LogP contribution is 2.26. The lowest BCUT2D eigenvalue weighted by Gasteiger charge is -2.14. The van der Waals surface area contributed by atoms with Gasteiger partial charge in [0, 0.05) is 5.02 Å². The van der Waals surface area contributed by atoms with Gasteiger partial charge < -0.3 is 20.1 Å². The quantitative estimate of drug-likeness (QED) is 0.310. The van der Waals surface area contributed by atoms with Crippen molar-refractivity contribution in [3.63, 3.8) is 0 Å². The van der Waals surface area contributed by atoms with Crippen molar-refractivity contribution >= 4 is 40.9 Å². The van der Waals surface area contributed by atoms with Crippen LogP contribution < -0.4 is 20.1 Å². The molecule has 7 heteroatoms. The van der Waals surface area contributed by atoms with Gasteiger partial charge in [0.05, 0.1) is 25.6 Å². The fourth-order valence-electron chi connectivity index (χ4n) is 2.87. The van der Waals surface area contributed by atoms with Gasteiger partial charge in [-0.25, -0.2) is 0 Å². The van der Waals surface area contributed by atoms with Gasteiger partial charge in [-0.05, 0) is 48.0 Å². The summed E-state index contributed by atoms with van der Waals surface area (Å²) in [5.74, 6) is -0.250. The van der Waals surface area contributed by atoms with Crippen LogP contribution in [0.5, 0.6) is 11.5 Å². The molecule has 0 aromatic heterocycles. The Morgan fingerprint density at radius 2 is 1.29 bits per heavy atom. The molecular weight excluding hydrogens is 416 g/mol. The average Bonchev–Trinajstić information content (AvgIpc) is 2.78. The first-order valence-electron chi connectivity index (χ1n) is 9.38. The van der Waals surface area contributed by atoms with E-state index in [-0.39, 0.29) is 5.57 Å². The molecule has 0 spiro atoms. The van der Waals surface area contributed by atoms with Crippen molar-refractivity contribution in [1.82, 2.24) is 0 Å². The summed E-state index contributed by atoms with van der Waals surface area (Å²) in [5, 5.41) is 5.96. The van der Waals surface area contributed by atoms with Crippen LogP contribution in [0.2, 0.25) is 5.02 Å². The summed E-state index contributed by atoms with van der Waals surface area (Å²) < 4.78 is 10.6. The first kappa shape index (κ1) is 21.9. The van der Waals surface area contributed by atoms with Gasteiger partial charge in [-0.15, -0.1) is 0 Å². The van der Waals surface area contributed by atoms with Gasteiger partial charge >= 0.3 is 0 Å². The Kier molecular flexibility index (Phi) is 7.30. The Morgan fingerprint density at radius 3 is 1.77 bits per heavy atom. The number of rotatable bonds is 7. The third kappa shape index (κ3) is 5.65. The van der Waals surface area contributed by atoms with E-state index in [4.69, 9.17) is 21.1 Å². The molecule has 0 fully saturated rings. The van der Waals surface area contributed by atoms with Gasteiger partial charge in [-0.1, -0.05) is 48.0 Å². The molecule has 31 heavy (non-hydrogen) atoms. The topological polar surface area (TPSA) is 76.7 Å². The Morgan fingerprint density at radius 1 is 0.774 bits per heavy atom. The number of ether oxygens (including phenoxy) is 2. The molecule has 0 saturated heterocycles. The number of benzene rings is 3. The van der Waals surface area contributed by atoms with Crippen LogP contribution in [0.1, 0.15) is 5.56 Å². The van der Waals surface area contributed by atoms with Crippen molar-refractivity contribution in [2.24, 2.45) is 0 Å². The number of nitrogens with one attached hydrogen (secondary N) is 2. The first-order valence-corrected chi connectivity index (χ1v) is 9.75. The minimum atomic E-state index is -0.600. The van der Waals surface area contributed by atoms with E-state index in [9.17, 15) is 9.59 Å². The number of carbonyl (C=O) groups is 2.